The van der Waals surface area contributed by atoms with Crippen LogP contribution in [-0.4, -0.2) is 29.9 Å². The van der Waals surface area contributed by atoms with Crippen LogP contribution in [0.1, 0.15) is 29.0 Å². The minimum atomic E-state index is -0.0793. The first-order valence-electron chi connectivity index (χ1n) is 8.47. The Morgan fingerprint density at radius 2 is 1.96 bits per heavy atom. The lowest BCUT2D eigenvalue weighted by atomic mass is 9.93. The van der Waals surface area contributed by atoms with Crippen LogP contribution < -0.4 is 4.90 Å². The number of fused-ring (bicyclic) bond motifs is 2. The average Bonchev–Trinajstić information content (AvgIpc) is 3.27. The fraction of sp³-hybridized carbons (Fsp3) is 0.278. The first kappa shape index (κ1) is 15.0. The molecule has 4 heterocycles. The molecular weight excluding hydrogens is 330 g/mol. The third kappa shape index (κ3) is 2.26. The molecule has 0 bridgehead atoms. The first-order chi connectivity index (χ1) is 12.7. The van der Waals surface area contributed by atoms with Gasteiger partial charge in [0, 0.05) is 26.9 Å². The first-order valence-corrected chi connectivity index (χ1v) is 8.47. The zero-order chi connectivity index (χ0) is 17.7. The molecule has 1 aromatic carbocycles. The third-order valence-electron chi connectivity index (χ3n) is 4.86. The normalized spacial score (nSPS) is 16.8. The van der Waals surface area contributed by atoms with E-state index in [4.69, 9.17) is 4.42 Å². The van der Waals surface area contributed by atoms with Crippen molar-refractivity contribution in [3.05, 3.63) is 59.7 Å². The molecule has 0 saturated heterocycles. The van der Waals surface area contributed by atoms with Crippen LogP contribution in [0.2, 0.25) is 0 Å². The van der Waals surface area contributed by atoms with Crippen LogP contribution in [0.15, 0.2) is 41.2 Å². The van der Waals surface area contributed by atoms with E-state index in [1.165, 1.54) is 11.1 Å². The molecule has 0 radical (unpaired) electrons. The van der Waals surface area contributed by atoms with Gasteiger partial charge in [0.05, 0.1) is 11.6 Å². The lowest BCUT2D eigenvalue weighted by Gasteiger charge is -2.36. The molecular formula is C18H17N7O. The molecule has 0 spiro atoms. The summed E-state index contributed by atoms with van der Waals surface area (Å²) >= 11 is 0. The maximum atomic E-state index is 5.78. The summed E-state index contributed by atoms with van der Waals surface area (Å²) in [6, 6.07) is 8.36. The Balaban J connectivity index is 1.68. The minimum Gasteiger partial charge on any atom is -0.423 e. The number of anilines is 1. The molecule has 1 unspecified atom stereocenters. The highest BCUT2D eigenvalue weighted by atomic mass is 16.4. The standard InChI is InChI=1S/C18H17N7O/c1-11-22-23-18(26-11)15-7-12-5-3-4-6-13(12)9-25(15)17-14-8-21-24(2)16(14)19-10-20-17/h3-6,8,10,15H,7,9H2,1-2H3. The number of hydrogen-bond acceptors (Lipinski definition) is 7. The van der Waals surface area contributed by atoms with Crippen molar-refractivity contribution in [3.8, 4) is 0 Å². The van der Waals surface area contributed by atoms with Crippen molar-refractivity contribution in [3.63, 3.8) is 0 Å². The van der Waals surface area contributed by atoms with Gasteiger partial charge in [-0.3, -0.25) is 4.68 Å². The van der Waals surface area contributed by atoms with Crippen LogP contribution in [0.5, 0.6) is 0 Å². The highest BCUT2D eigenvalue weighted by molar-refractivity contribution is 5.87. The average molecular weight is 347 g/mol. The Morgan fingerprint density at radius 1 is 1.12 bits per heavy atom. The Morgan fingerprint density at radius 3 is 2.77 bits per heavy atom. The van der Waals surface area contributed by atoms with Gasteiger partial charge in [-0.05, 0) is 11.1 Å². The van der Waals surface area contributed by atoms with Crippen molar-refractivity contribution in [1.82, 2.24) is 29.9 Å². The molecule has 4 aromatic rings. The Kier molecular flexibility index (Phi) is 3.24. The Labute approximate surface area is 149 Å². The predicted molar refractivity (Wildman–Crippen MR) is 94.4 cm³/mol. The van der Waals surface area contributed by atoms with Gasteiger partial charge in [-0.1, -0.05) is 24.3 Å². The van der Waals surface area contributed by atoms with Crippen LogP contribution in [-0.2, 0) is 20.0 Å². The largest absolute Gasteiger partial charge is 0.423 e. The van der Waals surface area contributed by atoms with Crippen molar-refractivity contribution in [1.29, 1.82) is 0 Å². The van der Waals surface area contributed by atoms with Crippen molar-refractivity contribution >= 4 is 16.9 Å². The molecule has 1 atom stereocenters. The molecule has 130 valence electrons. The van der Waals surface area contributed by atoms with Gasteiger partial charge >= 0.3 is 0 Å². The number of benzene rings is 1. The molecule has 26 heavy (non-hydrogen) atoms. The van der Waals surface area contributed by atoms with Gasteiger partial charge in [0.2, 0.25) is 11.8 Å². The van der Waals surface area contributed by atoms with E-state index >= 15 is 0 Å². The smallest absolute Gasteiger partial charge is 0.239 e. The van der Waals surface area contributed by atoms with Gasteiger partial charge < -0.3 is 9.32 Å². The van der Waals surface area contributed by atoms with Gasteiger partial charge in [-0.15, -0.1) is 10.2 Å². The number of rotatable bonds is 2. The van der Waals surface area contributed by atoms with E-state index in [-0.39, 0.29) is 6.04 Å². The van der Waals surface area contributed by atoms with Crippen LogP contribution in [0.3, 0.4) is 0 Å². The Bertz CT molecular complexity index is 1100. The van der Waals surface area contributed by atoms with Crippen molar-refractivity contribution in [2.45, 2.75) is 25.9 Å². The summed E-state index contributed by atoms with van der Waals surface area (Å²) in [5.41, 5.74) is 3.37. The van der Waals surface area contributed by atoms with Crippen molar-refractivity contribution < 1.29 is 4.42 Å². The molecule has 0 saturated carbocycles. The Hall–Kier alpha value is -3.29. The molecule has 5 rings (SSSR count). The molecule has 1 aliphatic heterocycles. The van der Waals surface area contributed by atoms with Crippen LogP contribution >= 0.6 is 0 Å². The van der Waals surface area contributed by atoms with E-state index in [2.05, 4.69) is 54.4 Å². The molecule has 0 aliphatic carbocycles. The van der Waals surface area contributed by atoms with Crippen LogP contribution in [0.4, 0.5) is 5.82 Å². The topological polar surface area (TPSA) is 85.8 Å². The lowest BCUT2D eigenvalue weighted by Crippen LogP contribution is -2.35. The highest BCUT2D eigenvalue weighted by Gasteiger charge is 2.33. The summed E-state index contributed by atoms with van der Waals surface area (Å²) in [6.07, 6.45) is 4.17. The van der Waals surface area contributed by atoms with E-state index in [0.717, 1.165) is 23.3 Å². The fourth-order valence-corrected chi connectivity index (χ4v) is 3.59. The highest BCUT2D eigenvalue weighted by Crippen LogP contribution is 2.37. The second kappa shape index (κ2) is 5.62. The van der Waals surface area contributed by atoms with Crippen molar-refractivity contribution in [2.24, 2.45) is 7.05 Å². The van der Waals surface area contributed by atoms with E-state index in [1.807, 2.05) is 14.0 Å². The summed E-state index contributed by atoms with van der Waals surface area (Å²) < 4.78 is 7.53. The van der Waals surface area contributed by atoms with Crippen LogP contribution in [0.25, 0.3) is 11.0 Å². The maximum Gasteiger partial charge on any atom is 0.239 e. The minimum absolute atomic E-state index is 0.0793. The second-order valence-electron chi connectivity index (χ2n) is 6.48. The van der Waals surface area contributed by atoms with Gasteiger partial charge in [0.15, 0.2) is 5.65 Å². The van der Waals surface area contributed by atoms with E-state index < -0.39 is 0 Å². The molecule has 1 aliphatic rings. The summed E-state index contributed by atoms with van der Waals surface area (Å²) in [4.78, 5) is 11.1. The molecule has 0 N–H and O–H groups in total. The summed E-state index contributed by atoms with van der Waals surface area (Å²) in [5, 5.41) is 13.5. The lowest BCUT2D eigenvalue weighted by molar-refractivity contribution is 0.403. The number of hydrogen-bond donors (Lipinski definition) is 0. The fourth-order valence-electron chi connectivity index (χ4n) is 3.59. The van der Waals surface area contributed by atoms with Gasteiger partial charge in [-0.2, -0.15) is 5.10 Å². The SMILES string of the molecule is Cc1nnc(C2Cc3ccccc3CN2c2ncnc3c2cnn3C)o1. The van der Waals surface area contributed by atoms with E-state index in [0.29, 0.717) is 18.3 Å². The van der Waals surface area contributed by atoms with Gasteiger partial charge in [-0.25, -0.2) is 9.97 Å². The molecule has 8 heteroatoms. The van der Waals surface area contributed by atoms with Gasteiger partial charge in [0.25, 0.3) is 0 Å². The zero-order valence-electron chi connectivity index (χ0n) is 14.5. The monoisotopic (exact) mass is 347 g/mol. The predicted octanol–water partition coefficient (Wildman–Crippen LogP) is 2.36. The molecule has 8 nitrogen and oxygen atoms in total. The molecule has 0 amide bonds. The van der Waals surface area contributed by atoms with Crippen LogP contribution in [0, 0.1) is 6.92 Å². The number of aryl methyl sites for hydroxylation is 2. The zero-order valence-corrected chi connectivity index (χ0v) is 14.5. The summed E-state index contributed by atoms with van der Waals surface area (Å²) in [5.74, 6) is 2.00. The molecule has 0 fully saturated rings. The van der Waals surface area contributed by atoms with Gasteiger partial charge in [0.1, 0.15) is 18.2 Å². The second-order valence-corrected chi connectivity index (χ2v) is 6.48. The summed E-state index contributed by atoms with van der Waals surface area (Å²) in [6.45, 7) is 2.52. The number of aromatic nitrogens is 6. The maximum absolute atomic E-state index is 5.78. The van der Waals surface area contributed by atoms with Crippen molar-refractivity contribution in [2.75, 3.05) is 4.90 Å². The summed E-state index contributed by atoms with van der Waals surface area (Å²) in [7, 11) is 1.88. The van der Waals surface area contributed by atoms with E-state index in [9.17, 15) is 0 Å². The third-order valence-corrected chi connectivity index (χ3v) is 4.86. The molecule has 3 aromatic heterocycles. The quantitative estimate of drug-likeness (QED) is 0.550. The van der Waals surface area contributed by atoms with E-state index in [1.54, 1.807) is 17.2 Å². The number of nitrogens with zero attached hydrogens (tertiary/aromatic N) is 7.